The fourth-order valence-electron chi connectivity index (χ4n) is 2.06. The molecule has 116 valence electrons. The number of hydrogen-bond acceptors (Lipinski definition) is 3. The van der Waals surface area contributed by atoms with Crippen molar-refractivity contribution in [3.63, 3.8) is 0 Å². The van der Waals surface area contributed by atoms with Crippen molar-refractivity contribution in [3.05, 3.63) is 35.4 Å². The van der Waals surface area contributed by atoms with E-state index in [-0.39, 0.29) is 11.8 Å². The van der Waals surface area contributed by atoms with Crippen molar-refractivity contribution in [1.29, 1.82) is 0 Å². The second-order valence-electron chi connectivity index (χ2n) is 5.93. The molecule has 0 spiro atoms. The van der Waals surface area contributed by atoms with Gasteiger partial charge in [-0.3, -0.25) is 4.79 Å². The van der Waals surface area contributed by atoms with Gasteiger partial charge in [0.25, 0.3) is 5.91 Å². The molecule has 0 aliphatic carbocycles. The number of carbonyl (C=O) groups excluding carboxylic acids is 1. The van der Waals surface area contributed by atoms with Crippen LogP contribution in [-0.4, -0.2) is 42.0 Å². The number of amides is 1. The Balaban J connectivity index is 2.71. The number of benzene rings is 1. The summed E-state index contributed by atoms with van der Waals surface area (Å²) in [6, 6.07) is 6.37. The van der Waals surface area contributed by atoms with Gasteiger partial charge >= 0.3 is 5.97 Å². The van der Waals surface area contributed by atoms with Crippen LogP contribution < -0.4 is 5.32 Å². The van der Waals surface area contributed by atoms with Gasteiger partial charge in [0.15, 0.2) is 0 Å². The molecule has 21 heavy (non-hydrogen) atoms. The molecule has 0 saturated heterocycles. The molecular formula is C16H24N2O3. The Morgan fingerprint density at radius 1 is 1.19 bits per heavy atom. The molecule has 0 radical (unpaired) electrons. The van der Waals surface area contributed by atoms with Gasteiger partial charge in [-0.05, 0) is 44.1 Å². The van der Waals surface area contributed by atoms with Crippen LogP contribution in [-0.2, 0) is 11.3 Å². The minimum Gasteiger partial charge on any atom is -0.480 e. The van der Waals surface area contributed by atoms with Crippen molar-refractivity contribution in [2.24, 2.45) is 5.92 Å². The summed E-state index contributed by atoms with van der Waals surface area (Å²) >= 11 is 0. The summed E-state index contributed by atoms with van der Waals surface area (Å²) in [6.07, 6.45) is 0.416. The Bertz CT molecular complexity index is 481. The van der Waals surface area contributed by atoms with Crippen LogP contribution in [0.1, 0.15) is 36.2 Å². The summed E-state index contributed by atoms with van der Waals surface area (Å²) in [5.74, 6) is -1.14. The smallest absolute Gasteiger partial charge is 0.326 e. The van der Waals surface area contributed by atoms with Crippen LogP contribution >= 0.6 is 0 Å². The Labute approximate surface area is 126 Å². The summed E-state index contributed by atoms with van der Waals surface area (Å²) in [5.41, 5.74) is 1.58. The predicted octanol–water partition coefficient (Wildman–Crippen LogP) is 1.98. The van der Waals surface area contributed by atoms with E-state index in [2.05, 4.69) is 5.32 Å². The highest BCUT2D eigenvalue weighted by Gasteiger charge is 2.21. The number of carboxylic acid groups (broad SMARTS) is 1. The molecule has 1 atom stereocenters. The van der Waals surface area contributed by atoms with Gasteiger partial charge in [0, 0.05) is 12.1 Å². The normalized spacial score (nSPS) is 12.5. The first-order chi connectivity index (χ1) is 9.79. The molecular weight excluding hydrogens is 268 g/mol. The summed E-state index contributed by atoms with van der Waals surface area (Å²) in [6.45, 7) is 4.66. The average Bonchev–Trinajstić information content (AvgIpc) is 2.37. The fraction of sp³-hybridized carbons (Fsp3) is 0.500. The van der Waals surface area contributed by atoms with Crippen molar-refractivity contribution in [3.8, 4) is 0 Å². The molecule has 0 unspecified atom stereocenters. The molecule has 1 aromatic rings. The maximum atomic E-state index is 12.1. The van der Waals surface area contributed by atoms with Gasteiger partial charge in [-0.25, -0.2) is 4.79 Å². The first-order valence-electron chi connectivity index (χ1n) is 7.07. The van der Waals surface area contributed by atoms with E-state index in [0.717, 1.165) is 12.1 Å². The van der Waals surface area contributed by atoms with Crippen molar-refractivity contribution in [2.45, 2.75) is 32.9 Å². The Morgan fingerprint density at radius 2 is 1.76 bits per heavy atom. The van der Waals surface area contributed by atoms with Gasteiger partial charge in [0.2, 0.25) is 0 Å². The van der Waals surface area contributed by atoms with Crippen LogP contribution in [0.2, 0.25) is 0 Å². The van der Waals surface area contributed by atoms with Crippen LogP contribution in [0.4, 0.5) is 0 Å². The molecule has 0 aliphatic heterocycles. The zero-order valence-electron chi connectivity index (χ0n) is 13.1. The van der Waals surface area contributed by atoms with E-state index >= 15 is 0 Å². The number of nitrogens with one attached hydrogen (secondary N) is 1. The first-order valence-corrected chi connectivity index (χ1v) is 7.07. The molecule has 0 heterocycles. The first kappa shape index (κ1) is 17.2. The molecule has 5 heteroatoms. The Morgan fingerprint density at radius 3 is 2.19 bits per heavy atom. The number of aliphatic carboxylic acids is 1. The van der Waals surface area contributed by atoms with E-state index in [4.69, 9.17) is 5.11 Å². The van der Waals surface area contributed by atoms with E-state index in [1.165, 1.54) is 0 Å². The Hall–Kier alpha value is -1.88. The maximum Gasteiger partial charge on any atom is 0.326 e. The molecule has 1 amide bonds. The van der Waals surface area contributed by atoms with Gasteiger partial charge in [-0.1, -0.05) is 26.0 Å². The third-order valence-electron chi connectivity index (χ3n) is 3.03. The highest BCUT2D eigenvalue weighted by atomic mass is 16.4. The minimum atomic E-state index is -0.999. The fourth-order valence-corrected chi connectivity index (χ4v) is 2.06. The number of rotatable bonds is 7. The largest absolute Gasteiger partial charge is 0.480 e. The van der Waals surface area contributed by atoms with Crippen molar-refractivity contribution < 1.29 is 14.7 Å². The van der Waals surface area contributed by atoms with Gasteiger partial charge in [-0.2, -0.15) is 0 Å². The third-order valence-corrected chi connectivity index (χ3v) is 3.03. The monoisotopic (exact) mass is 292 g/mol. The van der Waals surface area contributed by atoms with Crippen LogP contribution in [0.5, 0.6) is 0 Å². The number of carbonyl (C=O) groups is 2. The molecule has 2 N–H and O–H groups in total. The number of hydrogen-bond donors (Lipinski definition) is 2. The topological polar surface area (TPSA) is 69.6 Å². The van der Waals surface area contributed by atoms with Crippen molar-refractivity contribution >= 4 is 11.9 Å². The van der Waals surface area contributed by atoms with E-state index in [9.17, 15) is 9.59 Å². The third kappa shape index (κ3) is 5.95. The molecule has 1 rings (SSSR count). The van der Waals surface area contributed by atoms with E-state index in [0.29, 0.717) is 12.0 Å². The average molecular weight is 292 g/mol. The maximum absolute atomic E-state index is 12.1. The van der Waals surface area contributed by atoms with Crippen molar-refractivity contribution in [1.82, 2.24) is 10.2 Å². The molecule has 0 aliphatic rings. The molecule has 0 fully saturated rings. The summed E-state index contributed by atoms with van der Waals surface area (Å²) in [5, 5.41) is 11.7. The summed E-state index contributed by atoms with van der Waals surface area (Å²) in [7, 11) is 3.95. The van der Waals surface area contributed by atoms with Crippen LogP contribution in [0.15, 0.2) is 24.3 Å². The summed E-state index contributed by atoms with van der Waals surface area (Å²) in [4.78, 5) is 25.3. The Kier molecular flexibility index (Phi) is 6.37. The van der Waals surface area contributed by atoms with Crippen LogP contribution in [0.25, 0.3) is 0 Å². The minimum absolute atomic E-state index is 0.203. The van der Waals surface area contributed by atoms with Gasteiger partial charge in [-0.15, -0.1) is 0 Å². The zero-order chi connectivity index (χ0) is 16.0. The SMILES string of the molecule is CC(C)C[C@@H](NC(=O)c1ccc(CN(C)C)cc1)C(=O)O. The highest BCUT2D eigenvalue weighted by Crippen LogP contribution is 2.09. The molecule has 0 saturated carbocycles. The lowest BCUT2D eigenvalue weighted by atomic mass is 10.0. The van der Waals surface area contributed by atoms with Crippen molar-refractivity contribution in [2.75, 3.05) is 14.1 Å². The lowest BCUT2D eigenvalue weighted by Crippen LogP contribution is -2.41. The number of carboxylic acids is 1. The van der Waals surface area contributed by atoms with Gasteiger partial charge in [0.1, 0.15) is 6.04 Å². The van der Waals surface area contributed by atoms with E-state index < -0.39 is 12.0 Å². The number of nitrogens with zero attached hydrogens (tertiary/aromatic N) is 1. The second-order valence-corrected chi connectivity index (χ2v) is 5.93. The quantitative estimate of drug-likeness (QED) is 0.806. The van der Waals surface area contributed by atoms with Crippen LogP contribution in [0.3, 0.4) is 0 Å². The highest BCUT2D eigenvalue weighted by molar-refractivity contribution is 5.96. The van der Waals surface area contributed by atoms with Gasteiger partial charge < -0.3 is 15.3 Å². The molecule has 0 aromatic heterocycles. The van der Waals surface area contributed by atoms with Crippen LogP contribution in [0, 0.1) is 5.92 Å². The predicted molar refractivity (Wildman–Crippen MR) is 82.2 cm³/mol. The standard InChI is InChI=1S/C16H24N2O3/c1-11(2)9-14(16(20)21)17-15(19)13-7-5-12(6-8-13)10-18(3)4/h5-8,11,14H,9-10H2,1-4H3,(H,17,19)(H,20,21)/t14-/m1/s1. The zero-order valence-corrected chi connectivity index (χ0v) is 13.1. The lowest BCUT2D eigenvalue weighted by molar-refractivity contribution is -0.139. The van der Waals surface area contributed by atoms with E-state index in [1.807, 2.05) is 45.0 Å². The second kappa shape index (κ2) is 7.78. The molecule has 1 aromatic carbocycles. The molecule has 5 nitrogen and oxygen atoms in total. The van der Waals surface area contributed by atoms with E-state index in [1.54, 1.807) is 12.1 Å². The summed E-state index contributed by atoms with van der Waals surface area (Å²) < 4.78 is 0. The lowest BCUT2D eigenvalue weighted by Gasteiger charge is -2.16. The van der Waals surface area contributed by atoms with Gasteiger partial charge in [0.05, 0.1) is 0 Å². The molecule has 0 bridgehead atoms.